The highest BCUT2D eigenvalue weighted by Gasteiger charge is 2.24. The predicted octanol–water partition coefficient (Wildman–Crippen LogP) is 1.99. The number of nitrogens with zero attached hydrogens (tertiary/aromatic N) is 1. The first-order valence-electron chi connectivity index (χ1n) is 7.11. The molecular weight excluding hydrogens is 270 g/mol. The van der Waals surface area contributed by atoms with E-state index < -0.39 is 5.97 Å². The van der Waals surface area contributed by atoms with Gasteiger partial charge in [0, 0.05) is 18.7 Å². The van der Waals surface area contributed by atoms with Gasteiger partial charge in [-0.15, -0.1) is 0 Å². The molecule has 21 heavy (non-hydrogen) atoms. The van der Waals surface area contributed by atoms with Crippen LogP contribution in [-0.2, 0) is 4.74 Å². The van der Waals surface area contributed by atoms with Crippen molar-refractivity contribution in [3.8, 4) is 0 Å². The molecule has 0 aromatic heterocycles. The number of carbonyl (C=O) groups excluding carboxylic acids is 1. The van der Waals surface area contributed by atoms with Crippen LogP contribution in [-0.4, -0.2) is 53.6 Å². The second kappa shape index (κ2) is 6.37. The molecule has 1 aliphatic heterocycles. The lowest BCUT2D eigenvalue weighted by Crippen LogP contribution is -2.47. The zero-order valence-corrected chi connectivity index (χ0v) is 12.6. The number of aromatic carboxylic acids is 1. The van der Waals surface area contributed by atoms with Gasteiger partial charge in [-0.2, -0.15) is 0 Å². The van der Waals surface area contributed by atoms with E-state index in [-0.39, 0.29) is 23.6 Å². The number of Topliss-reactive ketones (excluding diaryl/α,β-unsaturated/α-hetero) is 1. The van der Waals surface area contributed by atoms with Gasteiger partial charge in [0.15, 0.2) is 5.78 Å². The maximum absolute atomic E-state index is 12.4. The van der Waals surface area contributed by atoms with E-state index in [4.69, 9.17) is 9.84 Å². The number of ketones is 1. The van der Waals surface area contributed by atoms with Crippen LogP contribution < -0.4 is 0 Å². The summed E-state index contributed by atoms with van der Waals surface area (Å²) < 4.78 is 5.65. The number of ether oxygens (including phenoxy) is 1. The Morgan fingerprint density at radius 3 is 2.48 bits per heavy atom. The molecule has 1 saturated heterocycles. The lowest BCUT2D eigenvalue weighted by atomic mass is 10.0. The van der Waals surface area contributed by atoms with Crippen LogP contribution in [0.4, 0.5) is 0 Å². The first-order valence-corrected chi connectivity index (χ1v) is 7.11. The zero-order valence-electron chi connectivity index (χ0n) is 12.6. The van der Waals surface area contributed by atoms with Crippen molar-refractivity contribution in [1.29, 1.82) is 0 Å². The van der Waals surface area contributed by atoms with Crippen LogP contribution in [0, 0.1) is 6.92 Å². The Morgan fingerprint density at radius 2 is 1.90 bits per heavy atom. The van der Waals surface area contributed by atoms with E-state index in [2.05, 4.69) is 4.90 Å². The standard InChI is InChI=1S/C16H21NO4/c1-10-4-5-13(16(19)20)6-14(10)15(18)9-17-7-11(2)21-12(3)8-17/h4-6,11-12H,7-9H2,1-3H3,(H,19,20). The van der Waals surface area contributed by atoms with E-state index in [0.29, 0.717) is 25.2 Å². The molecule has 1 N–H and O–H groups in total. The van der Waals surface area contributed by atoms with E-state index in [1.807, 2.05) is 20.8 Å². The van der Waals surface area contributed by atoms with Crippen LogP contribution in [0.25, 0.3) is 0 Å². The van der Waals surface area contributed by atoms with Crippen LogP contribution in [0.3, 0.4) is 0 Å². The van der Waals surface area contributed by atoms with Gasteiger partial charge in [0.2, 0.25) is 0 Å². The summed E-state index contributed by atoms with van der Waals surface area (Å²) in [6.07, 6.45) is 0.209. The SMILES string of the molecule is Cc1ccc(C(=O)O)cc1C(=O)CN1CC(C)OC(C)C1. The molecule has 0 spiro atoms. The summed E-state index contributed by atoms with van der Waals surface area (Å²) >= 11 is 0. The third kappa shape index (κ3) is 3.89. The smallest absolute Gasteiger partial charge is 0.335 e. The quantitative estimate of drug-likeness (QED) is 0.859. The van der Waals surface area contributed by atoms with Crippen molar-refractivity contribution in [1.82, 2.24) is 4.90 Å². The minimum Gasteiger partial charge on any atom is -0.478 e. The van der Waals surface area contributed by atoms with Crippen molar-refractivity contribution in [2.75, 3.05) is 19.6 Å². The summed E-state index contributed by atoms with van der Waals surface area (Å²) in [4.78, 5) is 25.5. The molecule has 2 unspecified atom stereocenters. The maximum atomic E-state index is 12.4. The summed E-state index contributed by atoms with van der Waals surface area (Å²) in [7, 11) is 0. The topological polar surface area (TPSA) is 66.8 Å². The van der Waals surface area contributed by atoms with Crippen LogP contribution in [0.2, 0.25) is 0 Å². The molecule has 5 nitrogen and oxygen atoms in total. The normalized spacial score (nSPS) is 23.0. The molecule has 0 aliphatic carbocycles. The van der Waals surface area contributed by atoms with Crippen LogP contribution in [0.5, 0.6) is 0 Å². The summed E-state index contributed by atoms with van der Waals surface area (Å²) in [6, 6.07) is 4.67. The average Bonchev–Trinajstić information content (AvgIpc) is 2.37. The molecule has 2 atom stereocenters. The van der Waals surface area contributed by atoms with Gasteiger partial charge in [0.25, 0.3) is 0 Å². The molecule has 0 bridgehead atoms. The Hall–Kier alpha value is -1.72. The van der Waals surface area contributed by atoms with Crippen molar-refractivity contribution < 1.29 is 19.4 Å². The molecule has 1 aromatic carbocycles. The van der Waals surface area contributed by atoms with Gasteiger partial charge in [-0.25, -0.2) is 4.79 Å². The van der Waals surface area contributed by atoms with Gasteiger partial charge in [-0.3, -0.25) is 9.69 Å². The largest absolute Gasteiger partial charge is 0.478 e. The lowest BCUT2D eigenvalue weighted by molar-refractivity contribution is -0.0652. The van der Waals surface area contributed by atoms with Crippen LogP contribution in [0.1, 0.15) is 40.1 Å². The average molecular weight is 291 g/mol. The van der Waals surface area contributed by atoms with Gasteiger partial charge in [0.05, 0.1) is 24.3 Å². The molecule has 0 saturated carbocycles. The molecule has 1 aromatic rings. The number of carbonyl (C=O) groups is 2. The number of hydrogen-bond donors (Lipinski definition) is 1. The summed E-state index contributed by atoms with van der Waals surface area (Å²) in [5.74, 6) is -1.06. The minimum absolute atomic E-state index is 0.0445. The molecule has 0 radical (unpaired) electrons. The molecule has 5 heteroatoms. The van der Waals surface area contributed by atoms with E-state index in [1.54, 1.807) is 6.07 Å². The van der Waals surface area contributed by atoms with Crippen molar-refractivity contribution >= 4 is 11.8 Å². The van der Waals surface area contributed by atoms with Gasteiger partial charge in [-0.05, 0) is 38.5 Å². The first-order chi connectivity index (χ1) is 9.86. The fourth-order valence-corrected chi connectivity index (χ4v) is 2.76. The Morgan fingerprint density at radius 1 is 1.29 bits per heavy atom. The molecule has 0 amide bonds. The van der Waals surface area contributed by atoms with E-state index in [9.17, 15) is 9.59 Å². The number of aryl methyl sites for hydroxylation is 1. The summed E-state index contributed by atoms with van der Waals surface area (Å²) in [5, 5.41) is 9.03. The lowest BCUT2D eigenvalue weighted by Gasteiger charge is -2.34. The molecule has 1 aliphatic rings. The fourth-order valence-electron chi connectivity index (χ4n) is 2.76. The summed E-state index contributed by atoms with van der Waals surface area (Å²) in [5.41, 5.74) is 1.44. The molecular formula is C16H21NO4. The first kappa shape index (κ1) is 15.7. The Labute approximate surface area is 124 Å². The highest BCUT2D eigenvalue weighted by atomic mass is 16.5. The van der Waals surface area contributed by atoms with Crippen molar-refractivity contribution in [3.63, 3.8) is 0 Å². The maximum Gasteiger partial charge on any atom is 0.335 e. The zero-order chi connectivity index (χ0) is 15.6. The van der Waals surface area contributed by atoms with E-state index >= 15 is 0 Å². The molecule has 114 valence electrons. The van der Waals surface area contributed by atoms with E-state index in [1.165, 1.54) is 12.1 Å². The highest BCUT2D eigenvalue weighted by Crippen LogP contribution is 2.15. The van der Waals surface area contributed by atoms with Crippen molar-refractivity contribution in [3.05, 3.63) is 34.9 Å². The number of benzene rings is 1. The van der Waals surface area contributed by atoms with Gasteiger partial charge >= 0.3 is 5.97 Å². The number of carboxylic acids is 1. The summed E-state index contributed by atoms with van der Waals surface area (Å²) in [6.45, 7) is 7.53. The Bertz CT molecular complexity index is 545. The van der Waals surface area contributed by atoms with Crippen molar-refractivity contribution in [2.24, 2.45) is 0 Å². The minimum atomic E-state index is -1.02. The molecule has 1 fully saturated rings. The molecule has 1 heterocycles. The monoisotopic (exact) mass is 291 g/mol. The number of morpholine rings is 1. The fraction of sp³-hybridized carbons (Fsp3) is 0.500. The third-order valence-electron chi connectivity index (χ3n) is 3.65. The number of carboxylic acid groups (broad SMARTS) is 1. The number of hydrogen-bond acceptors (Lipinski definition) is 4. The second-order valence-corrected chi connectivity index (χ2v) is 5.71. The van der Waals surface area contributed by atoms with Gasteiger partial charge in [-0.1, -0.05) is 6.07 Å². The van der Waals surface area contributed by atoms with E-state index in [0.717, 1.165) is 5.56 Å². The van der Waals surface area contributed by atoms with Crippen LogP contribution >= 0.6 is 0 Å². The Balaban J connectivity index is 2.13. The number of rotatable bonds is 4. The van der Waals surface area contributed by atoms with Crippen LogP contribution in [0.15, 0.2) is 18.2 Å². The predicted molar refractivity (Wildman–Crippen MR) is 78.9 cm³/mol. The molecule has 2 rings (SSSR count). The van der Waals surface area contributed by atoms with Crippen molar-refractivity contribution in [2.45, 2.75) is 33.0 Å². The van der Waals surface area contributed by atoms with Gasteiger partial charge in [0.1, 0.15) is 0 Å². The Kier molecular flexibility index (Phi) is 4.75. The highest BCUT2D eigenvalue weighted by molar-refractivity contribution is 6.01. The third-order valence-corrected chi connectivity index (χ3v) is 3.65. The second-order valence-electron chi connectivity index (χ2n) is 5.71. The van der Waals surface area contributed by atoms with Gasteiger partial charge < -0.3 is 9.84 Å².